The van der Waals surface area contributed by atoms with Gasteiger partial charge < -0.3 is 4.42 Å². The lowest BCUT2D eigenvalue weighted by Crippen LogP contribution is -1.96. The molecular formula is C49H29N3OS. The van der Waals surface area contributed by atoms with Crippen LogP contribution in [0, 0.1) is 0 Å². The molecule has 11 aromatic rings. The van der Waals surface area contributed by atoms with E-state index >= 15 is 0 Å². The standard InChI is InChI=1S/C49H29N3OS/c1-2-12-30(13-3-1)33-14-10-15-34(28-33)41-29-42(38-20-11-19-36-35-16-6-9-23-44(35)54-48(36)38)52-49(51-41)32-26-24-31(25-27-32)46-45-39-18-5-8-22-43(39)53-47(45)37-17-4-7-21-40(37)50-46/h1-29H. The molecule has 4 nitrogen and oxygen atoms in total. The minimum absolute atomic E-state index is 0.669. The van der Waals surface area contributed by atoms with Crippen molar-refractivity contribution >= 4 is 64.4 Å². The van der Waals surface area contributed by atoms with Crippen LogP contribution in [0.25, 0.3) is 109 Å². The lowest BCUT2D eigenvalue weighted by molar-refractivity contribution is 0.672. The van der Waals surface area contributed by atoms with Gasteiger partial charge in [0.25, 0.3) is 0 Å². The molecule has 0 N–H and O–H groups in total. The molecule has 4 aromatic heterocycles. The first-order valence-corrected chi connectivity index (χ1v) is 18.8. The minimum Gasteiger partial charge on any atom is -0.455 e. The lowest BCUT2D eigenvalue weighted by Gasteiger charge is -2.12. The third-order valence-electron chi connectivity index (χ3n) is 10.3. The third-order valence-corrected chi connectivity index (χ3v) is 11.5. The first kappa shape index (κ1) is 30.7. The summed E-state index contributed by atoms with van der Waals surface area (Å²) >= 11 is 1.81. The summed E-state index contributed by atoms with van der Waals surface area (Å²) in [6, 6.07) is 61.3. The van der Waals surface area contributed by atoms with Crippen molar-refractivity contribution < 1.29 is 4.42 Å². The van der Waals surface area contributed by atoms with Crippen molar-refractivity contribution in [1.29, 1.82) is 0 Å². The maximum Gasteiger partial charge on any atom is 0.160 e. The molecule has 252 valence electrons. The molecule has 0 amide bonds. The zero-order chi connectivity index (χ0) is 35.6. The maximum absolute atomic E-state index is 6.46. The van der Waals surface area contributed by atoms with Gasteiger partial charge in [-0.15, -0.1) is 11.3 Å². The minimum atomic E-state index is 0.669. The molecule has 0 saturated heterocycles. The first-order valence-electron chi connectivity index (χ1n) is 18.0. The Morgan fingerprint density at radius 1 is 0.426 bits per heavy atom. The Kier molecular flexibility index (Phi) is 7.00. The van der Waals surface area contributed by atoms with Gasteiger partial charge in [-0.2, -0.15) is 0 Å². The van der Waals surface area contributed by atoms with E-state index in [1.54, 1.807) is 0 Å². The second-order valence-corrected chi connectivity index (χ2v) is 14.6. The van der Waals surface area contributed by atoms with Crippen LogP contribution in [-0.4, -0.2) is 15.0 Å². The zero-order valence-corrected chi connectivity index (χ0v) is 29.7. The Morgan fingerprint density at radius 2 is 1.09 bits per heavy atom. The van der Waals surface area contributed by atoms with E-state index in [1.807, 2.05) is 47.7 Å². The van der Waals surface area contributed by atoms with Gasteiger partial charge in [-0.25, -0.2) is 15.0 Å². The average molecular weight is 708 g/mol. The van der Waals surface area contributed by atoms with E-state index in [9.17, 15) is 0 Å². The fourth-order valence-corrected chi connectivity index (χ4v) is 8.92. The number of hydrogen-bond donors (Lipinski definition) is 0. The quantitative estimate of drug-likeness (QED) is 0.179. The van der Waals surface area contributed by atoms with Gasteiger partial charge in [0.15, 0.2) is 5.82 Å². The molecule has 0 saturated carbocycles. The summed E-state index contributed by atoms with van der Waals surface area (Å²) in [6.45, 7) is 0. The summed E-state index contributed by atoms with van der Waals surface area (Å²) in [5, 5.41) is 5.59. The molecular weight excluding hydrogens is 679 g/mol. The second kappa shape index (κ2) is 12.3. The van der Waals surface area contributed by atoms with Gasteiger partial charge in [0, 0.05) is 53.2 Å². The predicted octanol–water partition coefficient (Wildman–Crippen LogP) is 13.6. The Labute approximate surface area is 314 Å². The van der Waals surface area contributed by atoms with Gasteiger partial charge in [-0.3, -0.25) is 0 Å². The number of rotatable bonds is 5. The molecule has 0 bridgehead atoms. The molecule has 0 aliphatic rings. The summed E-state index contributed by atoms with van der Waals surface area (Å²) in [5.41, 5.74) is 11.7. The maximum atomic E-state index is 6.46. The van der Waals surface area contributed by atoms with Crippen molar-refractivity contribution in [3.8, 4) is 56.3 Å². The number of fused-ring (bicyclic) bond motifs is 8. The fraction of sp³-hybridized carbons (Fsp3) is 0. The van der Waals surface area contributed by atoms with E-state index in [0.717, 1.165) is 77.7 Å². The molecule has 0 fully saturated rings. The zero-order valence-electron chi connectivity index (χ0n) is 28.9. The lowest BCUT2D eigenvalue weighted by atomic mass is 9.99. The van der Waals surface area contributed by atoms with Crippen molar-refractivity contribution in [2.24, 2.45) is 0 Å². The van der Waals surface area contributed by atoms with Crippen LogP contribution in [0.5, 0.6) is 0 Å². The number of para-hydroxylation sites is 2. The van der Waals surface area contributed by atoms with Crippen LogP contribution in [0.1, 0.15) is 0 Å². The highest BCUT2D eigenvalue weighted by Gasteiger charge is 2.19. The predicted molar refractivity (Wildman–Crippen MR) is 225 cm³/mol. The summed E-state index contributed by atoms with van der Waals surface area (Å²) in [5.74, 6) is 0.669. The molecule has 0 radical (unpaired) electrons. The number of benzene rings is 7. The van der Waals surface area contributed by atoms with Crippen LogP contribution in [0.4, 0.5) is 0 Å². The Balaban J connectivity index is 1.09. The van der Waals surface area contributed by atoms with Crippen molar-refractivity contribution in [2.45, 2.75) is 0 Å². The Hall–Kier alpha value is -6.95. The SMILES string of the molecule is c1ccc(-c2cccc(-c3cc(-c4cccc5c4sc4ccccc45)nc(-c4ccc(-c5nc6ccccc6c6oc7ccccc7c56)cc4)n3)c2)cc1. The first-order chi connectivity index (χ1) is 26.7. The van der Waals surface area contributed by atoms with E-state index in [2.05, 4.69) is 140 Å². The highest BCUT2D eigenvalue weighted by atomic mass is 32.1. The highest BCUT2D eigenvalue weighted by molar-refractivity contribution is 7.26. The topological polar surface area (TPSA) is 51.8 Å². The van der Waals surface area contributed by atoms with E-state index in [1.165, 1.54) is 25.7 Å². The Morgan fingerprint density at radius 3 is 1.98 bits per heavy atom. The van der Waals surface area contributed by atoms with Crippen LogP contribution in [0.3, 0.4) is 0 Å². The molecule has 0 atom stereocenters. The number of hydrogen-bond acceptors (Lipinski definition) is 5. The van der Waals surface area contributed by atoms with Crippen LogP contribution < -0.4 is 0 Å². The van der Waals surface area contributed by atoms with Gasteiger partial charge in [-0.1, -0.05) is 140 Å². The van der Waals surface area contributed by atoms with Crippen LogP contribution in [-0.2, 0) is 0 Å². The normalized spacial score (nSPS) is 11.7. The Bertz CT molecular complexity index is 3220. The fourth-order valence-electron chi connectivity index (χ4n) is 7.70. The highest BCUT2D eigenvalue weighted by Crippen LogP contribution is 2.42. The van der Waals surface area contributed by atoms with Gasteiger partial charge in [-0.05, 0) is 47.5 Å². The summed E-state index contributed by atoms with van der Waals surface area (Å²) in [4.78, 5) is 15.7. The number of nitrogens with zero attached hydrogens (tertiary/aromatic N) is 3. The molecule has 4 heterocycles. The average Bonchev–Trinajstić information content (AvgIpc) is 3.83. The molecule has 0 spiro atoms. The summed E-state index contributed by atoms with van der Waals surface area (Å²) in [7, 11) is 0. The number of aromatic nitrogens is 3. The van der Waals surface area contributed by atoms with E-state index in [-0.39, 0.29) is 0 Å². The van der Waals surface area contributed by atoms with Crippen molar-refractivity contribution in [1.82, 2.24) is 15.0 Å². The summed E-state index contributed by atoms with van der Waals surface area (Å²) < 4.78 is 8.95. The van der Waals surface area contributed by atoms with Crippen molar-refractivity contribution in [3.05, 3.63) is 176 Å². The smallest absolute Gasteiger partial charge is 0.160 e. The van der Waals surface area contributed by atoms with E-state index in [4.69, 9.17) is 19.4 Å². The van der Waals surface area contributed by atoms with Crippen LogP contribution in [0.2, 0.25) is 0 Å². The van der Waals surface area contributed by atoms with Gasteiger partial charge >= 0.3 is 0 Å². The molecule has 0 aliphatic heterocycles. The van der Waals surface area contributed by atoms with Crippen LogP contribution in [0.15, 0.2) is 180 Å². The number of furan rings is 1. The second-order valence-electron chi connectivity index (χ2n) is 13.5. The van der Waals surface area contributed by atoms with Crippen molar-refractivity contribution in [2.75, 3.05) is 0 Å². The molecule has 5 heteroatoms. The molecule has 11 rings (SSSR count). The van der Waals surface area contributed by atoms with Crippen LogP contribution >= 0.6 is 11.3 Å². The molecule has 0 unspecified atom stereocenters. The van der Waals surface area contributed by atoms with Gasteiger partial charge in [0.05, 0.1) is 28.0 Å². The molecule has 54 heavy (non-hydrogen) atoms. The largest absolute Gasteiger partial charge is 0.455 e. The van der Waals surface area contributed by atoms with Crippen molar-refractivity contribution in [3.63, 3.8) is 0 Å². The molecule has 7 aromatic carbocycles. The van der Waals surface area contributed by atoms with Gasteiger partial charge in [0.1, 0.15) is 11.2 Å². The van der Waals surface area contributed by atoms with E-state index in [0.29, 0.717) is 5.82 Å². The third kappa shape index (κ3) is 5.01. The number of thiophene rings is 1. The molecule has 0 aliphatic carbocycles. The number of pyridine rings is 1. The van der Waals surface area contributed by atoms with Gasteiger partial charge in [0.2, 0.25) is 0 Å². The monoisotopic (exact) mass is 707 g/mol. The van der Waals surface area contributed by atoms with E-state index < -0.39 is 0 Å². The summed E-state index contributed by atoms with van der Waals surface area (Å²) in [6.07, 6.45) is 0.